The van der Waals surface area contributed by atoms with E-state index in [1.807, 2.05) is 19.1 Å². The number of aliphatic imine (C=N–C) groups is 1. The number of rotatable bonds is 11. The molecular weight excluding hydrogens is 431 g/mol. The summed E-state index contributed by atoms with van der Waals surface area (Å²) < 4.78 is 13.6. The molecule has 1 fully saturated rings. The zero-order valence-corrected chi connectivity index (χ0v) is 21.1. The average molecular weight is 469 g/mol. The van der Waals surface area contributed by atoms with E-state index in [0.29, 0.717) is 11.9 Å². The first-order valence-electron chi connectivity index (χ1n) is 12.2. The van der Waals surface area contributed by atoms with Crippen LogP contribution in [0.5, 0.6) is 0 Å². The minimum absolute atomic E-state index is 0.248. The van der Waals surface area contributed by atoms with Crippen molar-refractivity contribution in [3.63, 3.8) is 0 Å². The molecule has 3 rings (SSSR count). The SMILES string of the molecule is C=C(/N=C(\C=C/C)c1sc(N(CCC)CCC)nc1-c1ccc(F)cc1)NC1CCCCC1. The molecule has 4 nitrogen and oxygen atoms in total. The van der Waals surface area contributed by atoms with Gasteiger partial charge in [0, 0.05) is 24.7 Å². The molecule has 1 heterocycles. The van der Waals surface area contributed by atoms with Gasteiger partial charge < -0.3 is 10.2 Å². The van der Waals surface area contributed by atoms with Crippen molar-refractivity contribution >= 4 is 22.2 Å². The van der Waals surface area contributed by atoms with Crippen molar-refractivity contribution in [3.8, 4) is 11.3 Å². The molecule has 0 saturated heterocycles. The summed E-state index contributed by atoms with van der Waals surface area (Å²) in [5.41, 5.74) is 2.57. The number of nitrogens with one attached hydrogen (secondary N) is 1. The van der Waals surface area contributed by atoms with Gasteiger partial charge in [-0.1, -0.05) is 57.1 Å². The van der Waals surface area contributed by atoms with Crippen LogP contribution in [0.25, 0.3) is 11.3 Å². The summed E-state index contributed by atoms with van der Waals surface area (Å²) >= 11 is 1.65. The molecule has 1 aliphatic rings. The molecule has 178 valence electrons. The van der Waals surface area contributed by atoms with Crippen LogP contribution in [-0.2, 0) is 0 Å². The topological polar surface area (TPSA) is 40.5 Å². The smallest absolute Gasteiger partial charge is 0.186 e. The van der Waals surface area contributed by atoms with Gasteiger partial charge in [-0.15, -0.1) is 0 Å². The van der Waals surface area contributed by atoms with Crippen molar-refractivity contribution in [1.29, 1.82) is 0 Å². The zero-order valence-electron chi connectivity index (χ0n) is 20.2. The van der Waals surface area contributed by atoms with E-state index in [2.05, 4.69) is 30.6 Å². The van der Waals surface area contributed by atoms with Gasteiger partial charge in [-0.25, -0.2) is 14.4 Å². The first kappa shape index (κ1) is 25.2. The summed E-state index contributed by atoms with van der Waals surface area (Å²) in [5.74, 6) is 0.440. The van der Waals surface area contributed by atoms with E-state index >= 15 is 0 Å². The Morgan fingerprint density at radius 2 is 1.85 bits per heavy atom. The monoisotopic (exact) mass is 468 g/mol. The number of aromatic nitrogens is 1. The first-order chi connectivity index (χ1) is 16.0. The van der Waals surface area contributed by atoms with E-state index in [9.17, 15) is 4.39 Å². The molecule has 2 aromatic rings. The van der Waals surface area contributed by atoms with E-state index in [4.69, 9.17) is 9.98 Å². The molecule has 6 heteroatoms. The normalized spacial score (nSPS) is 15.2. The predicted molar refractivity (Wildman–Crippen MR) is 141 cm³/mol. The second-order valence-electron chi connectivity index (χ2n) is 8.59. The Labute approximate surface area is 202 Å². The minimum Gasteiger partial charge on any atom is -0.368 e. The van der Waals surface area contributed by atoms with E-state index < -0.39 is 0 Å². The maximum Gasteiger partial charge on any atom is 0.186 e. The quantitative estimate of drug-likeness (QED) is 0.351. The van der Waals surface area contributed by atoms with Crippen molar-refractivity contribution in [2.75, 3.05) is 18.0 Å². The van der Waals surface area contributed by atoms with Gasteiger partial charge >= 0.3 is 0 Å². The number of nitrogens with zero attached hydrogens (tertiary/aromatic N) is 3. The average Bonchev–Trinajstić information content (AvgIpc) is 3.25. The van der Waals surface area contributed by atoms with E-state index in [0.717, 1.165) is 52.9 Å². The van der Waals surface area contributed by atoms with Gasteiger partial charge in [0.05, 0.1) is 16.3 Å². The summed E-state index contributed by atoms with van der Waals surface area (Å²) in [6, 6.07) is 7.02. The molecule has 0 radical (unpaired) electrons. The molecule has 1 saturated carbocycles. The lowest BCUT2D eigenvalue weighted by Gasteiger charge is -2.23. The summed E-state index contributed by atoms with van der Waals surface area (Å²) in [4.78, 5) is 13.3. The Balaban J connectivity index is 2.01. The van der Waals surface area contributed by atoms with Crippen molar-refractivity contribution in [3.05, 3.63) is 59.5 Å². The molecule has 0 spiro atoms. The third-order valence-corrected chi connectivity index (χ3v) is 6.92. The fourth-order valence-electron chi connectivity index (χ4n) is 4.25. The molecule has 33 heavy (non-hydrogen) atoms. The third kappa shape index (κ3) is 7.00. The first-order valence-corrected chi connectivity index (χ1v) is 13.1. The molecule has 1 aliphatic carbocycles. The number of allylic oxidation sites excluding steroid dienone is 2. The van der Waals surface area contributed by atoms with Crippen LogP contribution in [-0.4, -0.2) is 29.8 Å². The molecule has 0 atom stereocenters. The number of hydrogen-bond donors (Lipinski definition) is 1. The van der Waals surface area contributed by atoms with Crippen LogP contribution in [0.1, 0.15) is 70.6 Å². The maximum absolute atomic E-state index is 13.6. The number of halogens is 1. The fraction of sp³-hybridized carbons (Fsp3) is 0.481. The lowest BCUT2D eigenvalue weighted by Crippen LogP contribution is -2.29. The predicted octanol–water partition coefficient (Wildman–Crippen LogP) is 7.33. The van der Waals surface area contributed by atoms with Crippen molar-refractivity contribution in [1.82, 2.24) is 10.3 Å². The Kier molecular flexibility index (Phi) is 9.67. The van der Waals surface area contributed by atoms with Gasteiger partial charge in [0.15, 0.2) is 5.13 Å². The maximum atomic E-state index is 13.6. The van der Waals surface area contributed by atoms with Crippen LogP contribution in [0.4, 0.5) is 9.52 Å². The Bertz CT molecular complexity index is 949. The largest absolute Gasteiger partial charge is 0.368 e. The number of hydrogen-bond acceptors (Lipinski definition) is 5. The van der Waals surface area contributed by atoms with Crippen LogP contribution in [0.3, 0.4) is 0 Å². The lowest BCUT2D eigenvalue weighted by atomic mass is 9.96. The van der Waals surface area contributed by atoms with Gasteiger partial charge in [0.2, 0.25) is 0 Å². The van der Waals surface area contributed by atoms with E-state index in [1.54, 1.807) is 23.5 Å². The highest BCUT2D eigenvalue weighted by molar-refractivity contribution is 7.18. The number of benzene rings is 1. The van der Waals surface area contributed by atoms with Gasteiger partial charge in [-0.05, 0) is 62.9 Å². The fourth-order valence-corrected chi connectivity index (χ4v) is 5.36. The van der Waals surface area contributed by atoms with Crippen LogP contribution < -0.4 is 10.2 Å². The van der Waals surface area contributed by atoms with Crippen LogP contribution in [0.2, 0.25) is 0 Å². The van der Waals surface area contributed by atoms with Gasteiger partial charge in [-0.2, -0.15) is 0 Å². The number of anilines is 1. The van der Waals surface area contributed by atoms with Gasteiger partial charge in [0.1, 0.15) is 11.6 Å². The van der Waals surface area contributed by atoms with Crippen LogP contribution in [0.15, 0.2) is 53.8 Å². The van der Waals surface area contributed by atoms with Crippen molar-refractivity contribution in [2.24, 2.45) is 4.99 Å². The summed E-state index contributed by atoms with van der Waals surface area (Å²) in [6.07, 6.45) is 12.3. The highest BCUT2D eigenvalue weighted by atomic mass is 32.1. The second kappa shape index (κ2) is 12.7. The van der Waals surface area contributed by atoms with Gasteiger partial charge in [-0.3, -0.25) is 0 Å². The van der Waals surface area contributed by atoms with Crippen molar-refractivity contribution < 1.29 is 4.39 Å². The zero-order chi connectivity index (χ0) is 23.6. The standard InChI is InChI=1S/C27H37FN4S/c1-5-11-24(30-20(4)29-23-12-9-8-10-13-23)26-25(21-14-16-22(28)17-15-21)31-27(33-26)32(18-6-2)19-7-3/h5,11,14-17,23,29H,4,6-10,12-13,18-19H2,1-3H3/b11-5-,30-24+. The second-order valence-corrected chi connectivity index (χ2v) is 9.57. The highest BCUT2D eigenvalue weighted by Crippen LogP contribution is 2.35. The Hall–Kier alpha value is -2.47. The minimum atomic E-state index is -0.248. The summed E-state index contributed by atoms with van der Waals surface area (Å²) in [7, 11) is 0. The van der Waals surface area contributed by atoms with E-state index in [1.165, 1.54) is 44.2 Å². The molecular formula is C27H37FN4S. The molecule has 0 unspecified atom stereocenters. The Morgan fingerprint density at radius 1 is 1.18 bits per heavy atom. The summed E-state index contributed by atoms with van der Waals surface area (Å²) in [6.45, 7) is 12.5. The number of thiazole rings is 1. The van der Waals surface area contributed by atoms with Gasteiger partial charge in [0.25, 0.3) is 0 Å². The van der Waals surface area contributed by atoms with Crippen LogP contribution >= 0.6 is 11.3 Å². The highest BCUT2D eigenvalue weighted by Gasteiger charge is 2.21. The molecule has 0 amide bonds. The lowest BCUT2D eigenvalue weighted by molar-refractivity contribution is 0.396. The molecule has 0 aliphatic heterocycles. The van der Waals surface area contributed by atoms with Crippen molar-refractivity contribution in [2.45, 2.75) is 71.8 Å². The Morgan fingerprint density at radius 3 is 2.45 bits per heavy atom. The molecule has 1 N–H and O–H groups in total. The summed E-state index contributed by atoms with van der Waals surface area (Å²) in [5, 5.41) is 4.51. The van der Waals surface area contributed by atoms with E-state index in [-0.39, 0.29) is 5.82 Å². The molecule has 1 aromatic carbocycles. The molecule has 1 aromatic heterocycles. The molecule has 0 bridgehead atoms. The third-order valence-electron chi connectivity index (χ3n) is 5.78. The van der Waals surface area contributed by atoms with Crippen LogP contribution in [0, 0.1) is 5.82 Å².